The number of benzene rings is 1. The third-order valence-corrected chi connectivity index (χ3v) is 4.31. The van der Waals surface area contributed by atoms with E-state index in [1.807, 2.05) is 6.07 Å². The fourth-order valence-electron chi connectivity index (χ4n) is 3.29. The smallest absolute Gasteiger partial charge is 0.0641 e. The lowest BCUT2D eigenvalue weighted by Gasteiger charge is -2.35. The van der Waals surface area contributed by atoms with Crippen LogP contribution in [0.1, 0.15) is 44.2 Å². The number of hydrogen-bond acceptors (Lipinski definition) is 3. The highest BCUT2D eigenvalue weighted by Gasteiger charge is 2.23. The van der Waals surface area contributed by atoms with Crippen LogP contribution in [0.5, 0.6) is 0 Å². The fourth-order valence-corrected chi connectivity index (χ4v) is 3.29. The van der Waals surface area contributed by atoms with Crippen molar-refractivity contribution in [3.8, 4) is 6.07 Å². The highest BCUT2D eigenvalue weighted by Crippen LogP contribution is 2.26. The maximum absolute atomic E-state index is 9.23. The number of nitriles is 1. The molecule has 1 saturated heterocycles. The Labute approximate surface area is 129 Å². The predicted octanol–water partition coefficient (Wildman–Crippen LogP) is 3.35. The third kappa shape index (κ3) is 4.84. The van der Waals surface area contributed by atoms with Gasteiger partial charge in [0.25, 0.3) is 0 Å². The SMILES string of the molecule is CCCN(CC1CCCNC1)C(CC#N)c1ccccc1. The Morgan fingerprint density at radius 1 is 1.38 bits per heavy atom. The van der Waals surface area contributed by atoms with Crippen LogP contribution >= 0.6 is 0 Å². The van der Waals surface area contributed by atoms with Gasteiger partial charge in [-0.15, -0.1) is 0 Å². The average molecular weight is 285 g/mol. The van der Waals surface area contributed by atoms with E-state index in [1.165, 1.54) is 18.4 Å². The van der Waals surface area contributed by atoms with Gasteiger partial charge in [-0.1, -0.05) is 37.3 Å². The van der Waals surface area contributed by atoms with E-state index in [-0.39, 0.29) is 6.04 Å². The minimum absolute atomic E-state index is 0.234. The maximum Gasteiger partial charge on any atom is 0.0641 e. The van der Waals surface area contributed by atoms with Crippen molar-refractivity contribution < 1.29 is 0 Å². The average Bonchev–Trinajstić information content (AvgIpc) is 2.54. The van der Waals surface area contributed by atoms with E-state index in [1.54, 1.807) is 0 Å². The molecule has 0 aromatic heterocycles. The van der Waals surface area contributed by atoms with Crippen LogP contribution in [0.3, 0.4) is 0 Å². The highest BCUT2D eigenvalue weighted by atomic mass is 15.2. The van der Waals surface area contributed by atoms with E-state index in [9.17, 15) is 5.26 Å². The van der Waals surface area contributed by atoms with Crippen LogP contribution in [0.2, 0.25) is 0 Å². The Bertz CT molecular complexity index is 432. The van der Waals surface area contributed by atoms with Gasteiger partial charge in [-0.25, -0.2) is 0 Å². The van der Waals surface area contributed by atoms with Crippen LogP contribution in [-0.2, 0) is 0 Å². The van der Waals surface area contributed by atoms with Gasteiger partial charge < -0.3 is 5.32 Å². The summed E-state index contributed by atoms with van der Waals surface area (Å²) in [4.78, 5) is 2.52. The molecule has 0 aliphatic carbocycles. The normalized spacial score (nSPS) is 20.1. The molecule has 1 aromatic rings. The summed E-state index contributed by atoms with van der Waals surface area (Å²) in [6.07, 6.45) is 4.29. The van der Waals surface area contributed by atoms with Gasteiger partial charge in [0, 0.05) is 12.6 Å². The van der Waals surface area contributed by atoms with E-state index >= 15 is 0 Å². The summed E-state index contributed by atoms with van der Waals surface area (Å²) in [5, 5.41) is 12.7. The molecule has 0 bridgehead atoms. The van der Waals surface area contributed by atoms with Gasteiger partial charge in [0.2, 0.25) is 0 Å². The van der Waals surface area contributed by atoms with Gasteiger partial charge in [-0.05, 0) is 50.4 Å². The Kier molecular flexibility index (Phi) is 6.72. The first-order chi connectivity index (χ1) is 10.3. The predicted molar refractivity (Wildman–Crippen MR) is 86.9 cm³/mol. The van der Waals surface area contributed by atoms with Crippen LogP contribution in [0.4, 0.5) is 0 Å². The number of rotatable bonds is 7. The van der Waals surface area contributed by atoms with E-state index in [4.69, 9.17) is 0 Å². The van der Waals surface area contributed by atoms with Crippen molar-refractivity contribution in [1.29, 1.82) is 5.26 Å². The number of nitrogens with one attached hydrogen (secondary N) is 1. The maximum atomic E-state index is 9.23. The molecule has 3 nitrogen and oxygen atoms in total. The minimum Gasteiger partial charge on any atom is -0.316 e. The lowest BCUT2D eigenvalue weighted by Crippen LogP contribution is -2.40. The second-order valence-electron chi connectivity index (χ2n) is 6.00. The van der Waals surface area contributed by atoms with Crippen LogP contribution in [0.25, 0.3) is 0 Å². The lowest BCUT2D eigenvalue weighted by atomic mass is 9.96. The molecule has 0 amide bonds. The van der Waals surface area contributed by atoms with Crippen molar-refractivity contribution in [3.63, 3.8) is 0 Å². The van der Waals surface area contributed by atoms with Crippen LogP contribution in [0.15, 0.2) is 30.3 Å². The molecule has 1 fully saturated rings. The third-order valence-electron chi connectivity index (χ3n) is 4.31. The zero-order valence-electron chi connectivity index (χ0n) is 13.1. The van der Waals surface area contributed by atoms with Gasteiger partial charge >= 0.3 is 0 Å². The second-order valence-corrected chi connectivity index (χ2v) is 6.00. The molecule has 0 saturated carbocycles. The Morgan fingerprint density at radius 3 is 2.81 bits per heavy atom. The van der Waals surface area contributed by atoms with Crippen molar-refractivity contribution in [3.05, 3.63) is 35.9 Å². The summed E-state index contributed by atoms with van der Waals surface area (Å²) in [5.74, 6) is 0.718. The molecule has 1 aromatic carbocycles. The summed E-state index contributed by atoms with van der Waals surface area (Å²) in [7, 11) is 0. The van der Waals surface area contributed by atoms with Gasteiger partial charge in [0.05, 0.1) is 12.5 Å². The monoisotopic (exact) mass is 285 g/mol. The molecule has 1 heterocycles. The Balaban J connectivity index is 2.10. The Hall–Kier alpha value is -1.37. The van der Waals surface area contributed by atoms with Crippen LogP contribution in [0, 0.1) is 17.2 Å². The van der Waals surface area contributed by atoms with Crippen molar-refractivity contribution in [2.75, 3.05) is 26.2 Å². The summed E-state index contributed by atoms with van der Waals surface area (Å²) in [5.41, 5.74) is 1.27. The zero-order chi connectivity index (χ0) is 14.9. The van der Waals surface area contributed by atoms with Crippen LogP contribution in [-0.4, -0.2) is 31.1 Å². The second kappa shape index (κ2) is 8.81. The first-order valence-corrected chi connectivity index (χ1v) is 8.21. The highest BCUT2D eigenvalue weighted by molar-refractivity contribution is 5.20. The standard InChI is InChI=1S/C18H27N3/c1-2-13-21(15-16-7-6-12-20-14-16)18(10-11-19)17-8-4-3-5-9-17/h3-5,8-9,16,18,20H,2,6-7,10,12-15H2,1H3. The summed E-state index contributed by atoms with van der Waals surface area (Å²) >= 11 is 0. The molecule has 2 unspecified atom stereocenters. The van der Waals surface area contributed by atoms with Gasteiger partial charge in [0.15, 0.2) is 0 Å². The van der Waals surface area contributed by atoms with E-state index in [0.717, 1.165) is 38.5 Å². The van der Waals surface area contributed by atoms with Gasteiger partial charge in [-0.3, -0.25) is 4.90 Å². The summed E-state index contributed by atoms with van der Waals surface area (Å²) in [6, 6.07) is 13.1. The fraction of sp³-hybridized carbons (Fsp3) is 0.611. The lowest BCUT2D eigenvalue weighted by molar-refractivity contribution is 0.155. The number of nitrogens with zero attached hydrogens (tertiary/aromatic N) is 2. The van der Waals surface area contributed by atoms with E-state index in [2.05, 4.69) is 47.5 Å². The van der Waals surface area contributed by atoms with Crippen LogP contribution < -0.4 is 5.32 Å². The van der Waals surface area contributed by atoms with Gasteiger partial charge in [-0.2, -0.15) is 5.26 Å². The molecule has 2 rings (SSSR count). The molecule has 3 heteroatoms. The summed E-state index contributed by atoms with van der Waals surface area (Å²) < 4.78 is 0. The molecule has 1 aliphatic heterocycles. The Morgan fingerprint density at radius 2 is 2.19 bits per heavy atom. The zero-order valence-corrected chi connectivity index (χ0v) is 13.1. The first kappa shape index (κ1) is 16.0. The molecule has 114 valence electrons. The molecular weight excluding hydrogens is 258 g/mol. The largest absolute Gasteiger partial charge is 0.316 e. The minimum atomic E-state index is 0.234. The summed E-state index contributed by atoms with van der Waals surface area (Å²) in [6.45, 7) is 6.67. The number of hydrogen-bond donors (Lipinski definition) is 1. The van der Waals surface area contributed by atoms with Crippen molar-refractivity contribution in [2.45, 2.75) is 38.6 Å². The topological polar surface area (TPSA) is 39.1 Å². The molecular formula is C18H27N3. The molecule has 1 aliphatic rings. The molecule has 0 radical (unpaired) electrons. The van der Waals surface area contributed by atoms with Crippen molar-refractivity contribution >= 4 is 0 Å². The van der Waals surface area contributed by atoms with Crippen molar-refractivity contribution in [1.82, 2.24) is 10.2 Å². The molecule has 2 atom stereocenters. The van der Waals surface area contributed by atoms with E-state index in [0.29, 0.717) is 6.42 Å². The van der Waals surface area contributed by atoms with Crippen molar-refractivity contribution in [2.24, 2.45) is 5.92 Å². The number of piperidine rings is 1. The molecule has 21 heavy (non-hydrogen) atoms. The first-order valence-electron chi connectivity index (χ1n) is 8.21. The van der Waals surface area contributed by atoms with Gasteiger partial charge in [0.1, 0.15) is 0 Å². The molecule has 1 N–H and O–H groups in total. The van der Waals surface area contributed by atoms with E-state index < -0.39 is 0 Å². The molecule has 0 spiro atoms. The quantitative estimate of drug-likeness (QED) is 0.835.